The van der Waals surface area contributed by atoms with Gasteiger partial charge in [0.25, 0.3) is 11.5 Å². The molecule has 1 fully saturated rings. The van der Waals surface area contributed by atoms with E-state index in [2.05, 4.69) is 10.3 Å². The number of imide groups is 1. The van der Waals surface area contributed by atoms with Gasteiger partial charge < -0.3 is 4.74 Å². The molecule has 8 nitrogen and oxygen atoms in total. The van der Waals surface area contributed by atoms with Crippen LogP contribution in [0, 0.1) is 0 Å². The Kier molecular flexibility index (Phi) is 5.09. The van der Waals surface area contributed by atoms with E-state index in [4.69, 9.17) is 16.3 Å². The second-order valence-corrected chi connectivity index (χ2v) is 7.26. The Bertz CT molecular complexity index is 1220. The summed E-state index contributed by atoms with van der Waals surface area (Å²) < 4.78 is 6.31. The summed E-state index contributed by atoms with van der Waals surface area (Å²) in [4.78, 5) is 55.2. The lowest BCUT2D eigenvalue weighted by atomic mass is 9.88. The standard InChI is InChI=1S/C21H16ClN3O5/c22-14-7-4-8-15-17(14)18(27)25(12-23-15)21(10-9-16(26)24-19(21)28)20(29)30-11-13-5-2-1-3-6-13/h1-8,12H,9-11H2,(H,24,26,28)/t21-/m0/s1. The van der Waals surface area contributed by atoms with Gasteiger partial charge in [-0.25, -0.2) is 9.78 Å². The third-order valence-corrected chi connectivity index (χ3v) is 5.36. The molecule has 30 heavy (non-hydrogen) atoms. The zero-order chi connectivity index (χ0) is 21.3. The average Bonchev–Trinajstić information content (AvgIpc) is 2.74. The topological polar surface area (TPSA) is 107 Å². The number of nitrogens with one attached hydrogen (secondary N) is 1. The number of hydrogen-bond donors (Lipinski definition) is 1. The van der Waals surface area contributed by atoms with Crippen molar-refractivity contribution < 1.29 is 19.1 Å². The number of amides is 2. The Morgan fingerprint density at radius 3 is 2.63 bits per heavy atom. The molecule has 0 spiro atoms. The van der Waals surface area contributed by atoms with Crippen molar-refractivity contribution in [3.63, 3.8) is 0 Å². The summed E-state index contributed by atoms with van der Waals surface area (Å²) in [6.45, 7) is -0.0980. The normalized spacial score (nSPS) is 18.8. The van der Waals surface area contributed by atoms with Crippen molar-refractivity contribution in [2.45, 2.75) is 25.0 Å². The van der Waals surface area contributed by atoms with Crippen LogP contribution in [0.25, 0.3) is 10.9 Å². The van der Waals surface area contributed by atoms with Crippen molar-refractivity contribution in [2.75, 3.05) is 0 Å². The van der Waals surface area contributed by atoms with Crippen LogP contribution < -0.4 is 10.9 Å². The maximum Gasteiger partial charge on any atom is 0.342 e. The van der Waals surface area contributed by atoms with Gasteiger partial charge >= 0.3 is 5.97 Å². The largest absolute Gasteiger partial charge is 0.459 e. The molecular formula is C21H16ClN3O5. The summed E-state index contributed by atoms with van der Waals surface area (Å²) in [7, 11) is 0. The highest BCUT2D eigenvalue weighted by atomic mass is 35.5. The van der Waals surface area contributed by atoms with Crippen LogP contribution in [0.5, 0.6) is 0 Å². The maximum atomic E-state index is 13.2. The summed E-state index contributed by atoms with van der Waals surface area (Å²) >= 11 is 6.17. The Labute approximate surface area is 175 Å². The number of nitrogens with zero attached hydrogens (tertiary/aromatic N) is 2. The van der Waals surface area contributed by atoms with Crippen molar-refractivity contribution in [3.05, 3.63) is 75.8 Å². The van der Waals surface area contributed by atoms with E-state index >= 15 is 0 Å². The third-order valence-electron chi connectivity index (χ3n) is 5.04. The van der Waals surface area contributed by atoms with Crippen LogP contribution in [0.15, 0.2) is 59.7 Å². The molecule has 1 atom stereocenters. The first kappa shape index (κ1) is 19.8. The Balaban J connectivity index is 1.82. The highest BCUT2D eigenvalue weighted by Gasteiger charge is 2.53. The smallest absolute Gasteiger partial charge is 0.342 e. The van der Waals surface area contributed by atoms with Crippen molar-refractivity contribution in [2.24, 2.45) is 0 Å². The minimum absolute atomic E-state index is 0.0709. The predicted octanol–water partition coefficient (Wildman–Crippen LogP) is 1.93. The van der Waals surface area contributed by atoms with Crippen molar-refractivity contribution in [3.8, 4) is 0 Å². The fourth-order valence-electron chi connectivity index (χ4n) is 3.46. The number of halogens is 1. The van der Waals surface area contributed by atoms with E-state index in [9.17, 15) is 19.2 Å². The Hall–Kier alpha value is -3.52. The number of benzene rings is 2. The molecule has 1 aliphatic rings. The monoisotopic (exact) mass is 425 g/mol. The molecule has 0 unspecified atom stereocenters. The first-order valence-electron chi connectivity index (χ1n) is 9.15. The van der Waals surface area contributed by atoms with Gasteiger partial charge in [0.05, 0.1) is 22.3 Å². The molecule has 0 bridgehead atoms. The number of esters is 1. The van der Waals surface area contributed by atoms with E-state index in [0.717, 1.165) is 10.9 Å². The molecule has 1 N–H and O–H groups in total. The van der Waals surface area contributed by atoms with Crippen LogP contribution in [-0.4, -0.2) is 27.3 Å². The van der Waals surface area contributed by atoms with Gasteiger partial charge in [0.1, 0.15) is 6.61 Å². The quantitative estimate of drug-likeness (QED) is 0.389. The summed E-state index contributed by atoms with van der Waals surface area (Å²) in [5, 5.41) is 2.35. The van der Waals surface area contributed by atoms with Crippen LogP contribution in [0.1, 0.15) is 18.4 Å². The van der Waals surface area contributed by atoms with Gasteiger partial charge in [0.15, 0.2) is 0 Å². The fraction of sp³-hybridized carbons (Fsp3) is 0.190. The molecule has 2 heterocycles. The number of piperidine rings is 1. The number of carbonyl (C=O) groups excluding carboxylic acids is 3. The highest BCUT2D eigenvalue weighted by molar-refractivity contribution is 6.35. The highest BCUT2D eigenvalue weighted by Crippen LogP contribution is 2.29. The fourth-order valence-corrected chi connectivity index (χ4v) is 3.71. The molecule has 3 aromatic rings. The van der Waals surface area contributed by atoms with Crippen molar-refractivity contribution in [1.82, 2.24) is 14.9 Å². The van der Waals surface area contributed by atoms with Gasteiger partial charge in [0, 0.05) is 6.42 Å². The first-order valence-corrected chi connectivity index (χ1v) is 9.53. The molecule has 0 saturated carbocycles. The molecule has 2 aromatic carbocycles. The predicted molar refractivity (Wildman–Crippen MR) is 108 cm³/mol. The molecule has 1 aliphatic heterocycles. The van der Waals surface area contributed by atoms with Gasteiger partial charge in [-0.2, -0.15) is 0 Å². The molecule has 152 valence electrons. The molecular weight excluding hydrogens is 410 g/mol. The van der Waals surface area contributed by atoms with Crippen molar-refractivity contribution in [1.29, 1.82) is 0 Å². The van der Waals surface area contributed by atoms with Crippen LogP contribution in [0.4, 0.5) is 0 Å². The zero-order valence-corrected chi connectivity index (χ0v) is 16.4. The molecule has 0 aliphatic carbocycles. The van der Waals surface area contributed by atoms with E-state index in [1.165, 1.54) is 6.07 Å². The van der Waals surface area contributed by atoms with Crippen molar-refractivity contribution >= 4 is 40.3 Å². The number of rotatable bonds is 4. The van der Waals surface area contributed by atoms with Crippen LogP contribution in [0.3, 0.4) is 0 Å². The van der Waals surface area contributed by atoms with Gasteiger partial charge in [-0.15, -0.1) is 0 Å². The molecule has 0 radical (unpaired) electrons. The maximum absolute atomic E-state index is 13.2. The van der Waals surface area contributed by atoms with Gasteiger partial charge in [-0.05, 0) is 24.1 Å². The first-order chi connectivity index (χ1) is 14.4. The van der Waals surface area contributed by atoms with Crippen LogP contribution in [-0.2, 0) is 31.3 Å². The Morgan fingerprint density at radius 1 is 1.13 bits per heavy atom. The lowest BCUT2D eigenvalue weighted by molar-refractivity contribution is -0.164. The number of hydrogen-bond acceptors (Lipinski definition) is 6. The van der Waals surface area contributed by atoms with E-state index in [0.29, 0.717) is 11.1 Å². The van der Waals surface area contributed by atoms with Crippen LogP contribution in [0.2, 0.25) is 5.02 Å². The van der Waals surface area contributed by atoms with E-state index in [-0.39, 0.29) is 29.9 Å². The number of aromatic nitrogens is 2. The molecule has 1 aromatic heterocycles. The summed E-state index contributed by atoms with van der Waals surface area (Å²) in [5.74, 6) is -2.43. The summed E-state index contributed by atoms with van der Waals surface area (Å²) in [6.07, 6.45) is 0.738. The summed E-state index contributed by atoms with van der Waals surface area (Å²) in [5.41, 5.74) is -1.71. The van der Waals surface area contributed by atoms with Crippen LogP contribution >= 0.6 is 11.6 Å². The Morgan fingerprint density at radius 2 is 1.90 bits per heavy atom. The van der Waals surface area contributed by atoms with E-state index < -0.39 is 28.9 Å². The second-order valence-electron chi connectivity index (χ2n) is 6.85. The second kappa shape index (κ2) is 7.72. The number of fused-ring (bicyclic) bond motifs is 1. The molecule has 9 heteroatoms. The minimum atomic E-state index is -2.07. The number of carbonyl (C=O) groups is 3. The summed E-state index contributed by atoms with van der Waals surface area (Å²) in [6, 6.07) is 13.6. The molecule has 2 amide bonds. The molecule has 1 saturated heterocycles. The average molecular weight is 426 g/mol. The lowest BCUT2D eigenvalue weighted by Gasteiger charge is -2.34. The van der Waals surface area contributed by atoms with E-state index in [1.807, 2.05) is 6.07 Å². The van der Waals surface area contributed by atoms with Gasteiger partial charge in [-0.1, -0.05) is 48.0 Å². The van der Waals surface area contributed by atoms with Gasteiger partial charge in [0.2, 0.25) is 11.4 Å². The minimum Gasteiger partial charge on any atom is -0.459 e. The SMILES string of the molecule is O=C1CC[C@](C(=O)OCc2ccccc2)(n2cnc3cccc(Cl)c3c2=O)C(=O)N1. The third kappa shape index (κ3) is 3.25. The lowest BCUT2D eigenvalue weighted by Crippen LogP contribution is -2.62. The molecule has 4 rings (SSSR count). The number of ether oxygens (including phenoxy) is 1. The van der Waals surface area contributed by atoms with E-state index in [1.54, 1.807) is 36.4 Å². The zero-order valence-electron chi connectivity index (χ0n) is 15.6. The van der Waals surface area contributed by atoms with Gasteiger partial charge in [-0.3, -0.25) is 24.3 Å².